The minimum atomic E-state index is -1.15. The Morgan fingerprint density at radius 3 is 2.42 bits per heavy atom. The Labute approximate surface area is 136 Å². The summed E-state index contributed by atoms with van der Waals surface area (Å²) < 4.78 is 13.1. The van der Waals surface area contributed by atoms with Gasteiger partial charge in [0.2, 0.25) is 0 Å². The van der Waals surface area contributed by atoms with Crippen LogP contribution in [0.25, 0.3) is 11.1 Å². The third-order valence-corrected chi connectivity index (χ3v) is 4.57. The van der Waals surface area contributed by atoms with Gasteiger partial charge in [0, 0.05) is 0 Å². The second-order valence-corrected chi connectivity index (χ2v) is 5.89. The molecule has 1 fully saturated rings. The van der Waals surface area contributed by atoms with Crippen LogP contribution in [0.2, 0.25) is 0 Å². The van der Waals surface area contributed by atoms with Crippen LogP contribution < -0.4 is 0 Å². The minimum absolute atomic E-state index is 0.117. The van der Waals surface area contributed by atoms with E-state index in [9.17, 15) is 24.3 Å². The summed E-state index contributed by atoms with van der Waals surface area (Å²) in [5, 5.41) is 20.1. The van der Waals surface area contributed by atoms with Gasteiger partial charge >= 0.3 is 12.0 Å². The first-order valence-corrected chi connectivity index (χ1v) is 7.38. The number of rotatable bonds is 2. The van der Waals surface area contributed by atoms with Crippen LogP contribution in [0.5, 0.6) is 0 Å². The van der Waals surface area contributed by atoms with Crippen LogP contribution in [-0.4, -0.2) is 38.8 Å². The molecule has 1 saturated heterocycles. The van der Waals surface area contributed by atoms with E-state index < -0.39 is 24.1 Å². The third kappa shape index (κ3) is 1.98. The largest absolute Gasteiger partial charge is 0.479 e. The number of carbonyl (C=O) groups is 2. The average Bonchev–Trinajstić information content (AvgIpc) is 2.82. The van der Waals surface area contributed by atoms with Crippen molar-refractivity contribution in [2.24, 2.45) is 0 Å². The molecule has 2 atom stereocenters. The van der Waals surface area contributed by atoms with Gasteiger partial charge in [0.25, 0.3) is 0 Å². The fourth-order valence-corrected chi connectivity index (χ4v) is 3.42. The van der Waals surface area contributed by atoms with Gasteiger partial charge in [-0.2, -0.15) is 5.06 Å². The van der Waals surface area contributed by atoms with Gasteiger partial charge in [-0.15, -0.1) is 0 Å². The van der Waals surface area contributed by atoms with Gasteiger partial charge in [0.05, 0.1) is 6.54 Å². The second kappa shape index (κ2) is 5.04. The van der Waals surface area contributed by atoms with E-state index >= 15 is 0 Å². The van der Waals surface area contributed by atoms with Crippen molar-refractivity contribution in [1.82, 2.24) is 9.96 Å². The number of carboxylic acid groups (broad SMARTS) is 1. The fourth-order valence-electron chi connectivity index (χ4n) is 3.42. The highest BCUT2D eigenvalue weighted by Gasteiger charge is 2.50. The van der Waals surface area contributed by atoms with Crippen molar-refractivity contribution in [2.45, 2.75) is 12.1 Å². The number of urea groups is 1. The summed E-state index contributed by atoms with van der Waals surface area (Å²) >= 11 is 0. The Hall–Kier alpha value is -2.93. The van der Waals surface area contributed by atoms with Crippen LogP contribution in [0.15, 0.2) is 42.5 Å². The first-order chi connectivity index (χ1) is 11.5. The summed E-state index contributed by atoms with van der Waals surface area (Å²) in [6.45, 7) is 0.117. The number of hydroxylamine groups is 2. The van der Waals surface area contributed by atoms with Gasteiger partial charge in [-0.3, -0.25) is 5.21 Å². The van der Waals surface area contributed by atoms with Crippen molar-refractivity contribution >= 4 is 12.0 Å². The highest BCUT2D eigenvalue weighted by atomic mass is 19.1. The Morgan fingerprint density at radius 1 is 1.08 bits per heavy atom. The number of hydrogen-bond acceptors (Lipinski definition) is 3. The summed E-state index contributed by atoms with van der Waals surface area (Å²) in [6, 6.07) is 8.62. The molecule has 2 aliphatic heterocycles. The standard InChI is InChI=1S/C17H13FN2O4/c18-11-4-1-9(2-5-11)10-3-6-12-13(7-10)14-8-19(15(12)16(21)22)17(23)20(14)24/h1-7,14-15,24H,8H2,(H,21,22). The molecule has 2 aromatic rings. The van der Waals surface area contributed by atoms with Crippen molar-refractivity contribution < 1.29 is 24.3 Å². The number of aliphatic carboxylic acids is 1. The molecule has 0 aliphatic carbocycles. The number of benzene rings is 2. The van der Waals surface area contributed by atoms with E-state index in [0.717, 1.165) is 16.0 Å². The van der Waals surface area contributed by atoms with Gasteiger partial charge in [0.1, 0.15) is 11.9 Å². The Morgan fingerprint density at radius 2 is 1.75 bits per heavy atom. The lowest BCUT2D eigenvalue weighted by Crippen LogP contribution is -2.38. The zero-order valence-electron chi connectivity index (χ0n) is 12.4. The number of carboxylic acids is 1. The highest BCUT2D eigenvalue weighted by Crippen LogP contribution is 2.44. The molecule has 4 rings (SSSR count). The van der Waals surface area contributed by atoms with Crippen molar-refractivity contribution in [3.8, 4) is 11.1 Å². The van der Waals surface area contributed by atoms with Crippen LogP contribution in [0, 0.1) is 5.82 Å². The lowest BCUT2D eigenvalue weighted by molar-refractivity contribution is -0.142. The Balaban J connectivity index is 1.85. The van der Waals surface area contributed by atoms with Crippen LogP contribution >= 0.6 is 0 Å². The maximum absolute atomic E-state index is 13.1. The molecule has 2 amide bonds. The number of carbonyl (C=O) groups excluding carboxylic acids is 1. The average molecular weight is 328 g/mol. The number of fused-ring (bicyclic) bond motifs is 4. The highest BCUT2D eigenvalue weighted by molar-refractivity contribution is 5.87. The van der Waals surface area contributed by atoms with Crippen molar-refractivity contribution in [2.75, 3.05) is 6.54 Å². The molecule has 2 heterocycles. The van der Waals surface area contributed by atoms with Gasteiger partial charge in [-0.25, -0.2) is 14.0 Å². The van der Waals surface area contributed by atoms with Crippen molar-refractivity contribution in [3.05, 3.63) is 59.4 Å². The maximum Gasteiger partial charge on any atom is 0.345 e. The van der Waals surface area contributed by atoms with E-state index in [1.54, 1.807) is 30.3 Å². The SMILES string of the molecule is O=C(O)C1c2ccc(-c3ccc(F)cc3)cc2C2CN1C(=O)N2O. The summed E-state index contributed by atoms with van der Waals surface area (Å²) in [4.78, 5) is 24.8. The molecule has 0 radical (unpaired) electrons. The molecular weight excluding hydrogens is 315 g/mol. The topological polar surface area (TPSA) is 81.1 Å². The predicted octanol–water partition coefficient (Wildman–Crippen LogP) is 2.80. The first-order valence-electron chi connectivity index (χ1n) is 7.38. The van der Waals surface area contributed by atoms with Gasteiger partial charge in [-0.1, -0.05) is 24.3 Å². The van der Waals surface area contributed by atoms with Crippen LogP contribution in [0.4, 0.5) is 9.18 Å². The van der Waals surface area contributed by atoms with Gasteiger partial charge in [0.15, 0.2) is 6.04 Å². The number of amides is 2. The maximum atomic E-state index is 13.1. The van der Waals surface area contributed by atoms with E-state index in [1.807, 2.05) is 0 Å². The predicted molar refractivity (Wildman–Crippen MR) is 80.7 cm³/mol. The molecule has 0 aromatic heterocycles. The zero-order valence-corrected chi connectivity index (χ0v) is 12.4. The monoisotopic (exact) mass is 328 g/mol. The number of halogens is 1. The number of nitrogens with zero attached hydrogens (tertiary/aromatic N) is 2. The van der Waals surface area contributed by atoms with E-state index in [0.29, 0.717) is 16.2 Å². The van der Waals surface area contributed by atoms with E-state index in [2.05, 4.69) is 0 Å². The van der Waals surface area contributed by atoms with E-state index in [1.165, 1.54) is 12.1 Å². The minimum Gasteiger partial charge on any atom is -0.479 e. The summed E-state index contributed by atoms with van der Waals surface area (Å²) in [7, 11) is 0. The van der Waals surface area contributed by atoms with E-state index in [4.69, 9.17) is 0 Å². The molecule has 7 heteroatoms. The third-order valence-electron chi connectivity index (χ3n) is 4.57. The quantitative estimate of drug-likeness (QED) is 0.831. The second-order valence-electron chi connectivity index (χ2n) is 5.89. The Kier molecular flexibility index (Phi) is 3.07. The molecule has 122 valence electrons. The molecular formula is C17H13FN2O4. The van der Waals surface area contributed by atoms with E-state index in [-0.39, 0.29) is 12.4 Å². The summed E-state index contributed by atoms with van der Waals surface area (Å²) in [5.74, 6) is -1.49. The molecule has 2 aliphatic rings. The zero-order chi connectivity index (χ0) is 17.0. The lowest BCUT2D eigenvalue weighted by Gasteiger charge is -2.30. The van der Waals surface area contributed by atoms with Gasteiger partial charge in [-0.05, 0) is 40.5 Å². The summed E-state index contributed by atoms with van der Waals surface area (Å²) in [5.41, 5.74) is 2.60. The fraction of sp³-hybridized carbons (Fsp3) is 0.176. The lowest BCUT2D eigenvalue weighted by atomic mass is 9.88. The van der Waals surface area contributed by atoms with Crippen LogP contribution in [0.1, 0.15) is 23.2 Å². The van der Waals surface area contributed by atoms with Crippen LogP contribution in [-0.2, 0) is 4.79 Å². The van der Waals surface area contributed by atoms with Crippen LogP contribution in [0.3, 0.4) is 0 Å². The normalized spacial score (nSPS) is 21.8. The first kappa shape index (κ1) is 14.6. The molecule has 2 N–H and O–H groups in total. The van der Waals surface area contributed by atoms with Crippen molar-refractivity contribution in [3.63, 3.8) is 0 Å². The van der Waals surface area contributed by atoms with Gasteiger partial charge < -0.3 is 10.0 Å². The smallest absolute Gasteiger partial charge is 0.345 e. The summed E-state index contributed by atoms with van der Waals surface area (Å²) in [6.07, 6.45) is 0. The molecule has 6 nitrogen and oxygen atoms in total. The number of hydrogen-bond donors (Lipinski definition) is 2. The molecule has 24 heavy (non-hydrogen) atoms. The Bertz CT molecular complexity index is 852. The molecule has 0 saturated carbocycles. The van der Waals surface area contributed by atoms with Crippen molar-refractivity contribution in [1.29, 1.82) is 0 Å². The molecule has 2 aromatic carbocycles. The molecule has 2 unspecified atom stereocenters. The molecule has 0 spiro atoms. The molecule has 2 bridgehead atoms.